The predicted molar refractivity (Wildman–Crippen MR) is 173 cm³/mol. The normalized spacial score (nSPS) is 27.1. The monoisotopic (exact) mass is 661 g/mol. The van der Waals surface area contributed by atoms with Gasteiger partial charge in [-0.3, -0.25) is 9.88 Å². The van der Waals surface area contributed by atoms with Crippen molar-refractivity contribution in [1.29, 1.82) is 0 Å². The van der Waals surface area contributed by atoms with Crippen molar-refractivity contribution < 1.29 is 32.9 Å². The van der Waals surface area contributed by atoms with E-state index < -0.39 is 23.3 Å². The van der Waals surface area contributed by atoms with Crippen LogP contribution in [0.3, 0.4) is 0 Å². The molecule has 1 saturated carbocycles. The zero-order valence-electron chi connectivity index (χ0n) is 26.6. The quantitative estimate of drug-likeness (QED) is 0.251. The van der Waals surface area contributed by atoms with E-state index in [1.165, 1.54) is 12.1 Å². The zero-order chi connectivity index (χ0) is 32.7. The number of anilines is 1. The number of pyridine rings is 3. The smallest absolute Gasteiger partial charge is 0.225 e. The summed E-state index contributed by atoms with van der Waals surface area (Å²) in [6.45, 7) is 1.58. The molecule has 48 heavy (non-hydrogen) atoms. The number of alkyl halides is 1. The summed E-state index contributed by atoms with van der Waals surface area (Å²) in [6.07, 6.45) is 7.43. The predicted octanol–water partition coefficient (Wildman–Crippen LogP) is 6.16. The van der Waals surface area contributed by atoms with E-state index in [1.807, 2.05) is 0 Å². The molecule has 1 aromatic carbocycles. The molecule has 0 amide bonds. The number of benzene rings is 1. The van der Waals surface area contributed by atoms with Crippen molar-refractivity contribution >= 4 is 27.5 Å². The average molecular weight is 662 g/mol. The van der Waals surface area contributed by atoms with Gasteiger partial charge in [-0.15, -0.1) is 0 Å². The summed E-state index contributed by atoms with van der Waals surface area (Å²) < 4.78 is 59.9. The Hall–Kier alpha value is -3.90. The van der Waals surface area contributed by atoms with Crippen LogP contribution in [0.1, 0.15) is 69.3 Å². The first-order valence-corrected chi connectivity index (χ1v) is 17.2. The van der Waals surface area contributed by atoms with Crippen molar-refractivity contribution in [2.24, 2.45) is 0 Å². The lowest BCUT2D eigenvalue weighted by molar-refractivity contribution is 0.111. The molecule has 0 radical (unpaired) electrons. The number of rotatable bonds is 6. The Bertz CT molecular complexity index is 1940. The maximum atomic E-state index is 17.2. The van der Waals surface area contributed by atoms with Crippen molar-refractivity contribution in [3.8, 4) is 28.8 Å². The summed E-state index contributed by atoms with van der Waals surface area (Å²) in [5.74, 6) is -1.06. The highest BCUT2D eigenvalue weighted by Crippen LogP contribution is 2.49. The second-order valence-corrected chi connectivity index (χ2v) is 14.3. The number of halogens is 3. The minimum absolute atomic E-state index is 0.0332. The Morgan fingerprint density at radius 3 is 2.73 bits per heavy atom. The van der Waals surface area contributed by atoms with Crippen LogP contribution in [0, 0.1) is 11.6 Å². The lowest BCUT2D eigenvalue weighted by atomic mass is 9.95. The van der Waals surface area contributed by atoms with Crippen molar-refractivity contribution in [3.05, 3.63) is 41.6 Å². The number of ether oxygens (including phenoxy) is 2. The number of phenols is 1. The topological polar surface area (TPSA) is 104 Å². The van der Waals surface area contributed by atoms with Crippen LogP contribution in [0.4, 0.5) is 18.9 Å². The molecule has 9 rings (SSSR count). The highest BCUT2D eigenvalue weighted by atomic mass is 19.1. The van der Waals surface area contributed by atoms with E-state index in [0.717, 1.165) is 64.1 Å². The summed E-state index contributed by atoms with van der Waals surface area (Å²) >= 11 is 0. The van der Waals surface area contributed by atoms with Gasteiger partial charge in [0.1, 0.15) is 42.2 Å². The summed E-state index contributed by atoms with van der Waals surface area (Å²) in [4.78, 5) is 18.0. The Morgan fingerprint density at radius 1 is 1.04 bits per heavy atom. The number of aliphatic hydroxyl groups is 1. The molecule has 12 heteroatoms. The van der Waals surface area contributed by atoms with Gasteiger partial charge in [-0.25, -0.2) is 23.1 Å². The third-order valence-electron chi connectivity index (χ3n) is 11.3. The van der Waals surface area contributed by atoms with Crippen molar-refractivity contribution in [2.45, 2.75) is 87.5 Å². The first kappa shape index (κ1) is 30.2. The zero-order valence-corrected chi connectivity index (χ0v) is 26.6. The van der Waals surface area contributed by atoms with Crippen molar-refractivity contribution in [2.75, 3.05) is 37.8 Å². The van der Waals surface area contributed by atoms with E-state index in [-0.39, 0.29) is 72.1 Å². The van der Waals surface area contributed by atoms with Gasteiger partial charge in [0, 0.05) is 41.6 Å². The number of aromatic hydroxyl groups is 1. The molecule has 9 nitrogen and oxygen atoms in total. The van der Waals surface area contributed by atoms with Crippen LogP contribution in [0.2, 0.25) is 0 Å². The van der Waals surface area contributed by atoms with Gasteiger partial charge in [-0.05, 0) is 57.1 Å². The molecule has 4 aromatic rings. The number of aliphatic hydroxyl groups excluding tert-OH is 1. The largest absolute Gasteiger partial charge is 0.508 e. The highest BCUT2D eigenvalue weighted by Gasteiger charge is 2.49. The lowest BCUT2D eigenvalue weighted by Crippen LogP contribution is -2.46. The van der Waals surface area contributed by atoms with Gasteiger partial charge >= 0.3 is 0 Å². The molecule has 7 heterocycles. The Balaban J connectivity index is 1.26. The number of hydrogen-bond acceptors (Lipinski definition) is 9. The maximum absolute atomic E-state index is 17.2. The molecule has 5 aliphatic rings. The molecular formula is C36H38F3N5O4. The SMILES string of the molecule is OC[C@H]1CCCC[C@H]2COc3nc(-c4cc(O)cc5ncc(F)c(C6CC6)c45)c(F)c4nc(OC[C@@]56CCCN5C[C@H](F)C6)cc(c34)N12. The van der Waals surface area contributed by atoms with E-state index in [9.17, 15) is 14.6 Å². The molecule has 3 aromatic heterocycles. The number of aromatic nitrogens is 3. The van der Waals surface area contributed by atoms with Gasteiger partial charge in [0.15, 0.2) is 5.82 Å². The van der Waals surface area contributed by atoms with Crippen LogP contribution in [0.5, 0.6) is 17.5 Å². The van der Waals surface area contributed by atoms with Crippen LogP contribution in [-0.4, -0.2) is 86.8 Å². The van der Waals surface area contributed by atoms with E-state index in [2.05, 4.69) is 14.8 Å². The number of nitrogens with zero attached hydrogens (tertiary/aromatic N) is 5. The van der Waals surface area contributed by atoms with E-state index in [1.54, 1.807) is 6.07 Å². The molecular weight excluding hydrogens is 623 g/mol. The Morgan fingerprint density at radius 2 is 1.90 bits per heavy atom. The van der Waals surface area contributed by atoms with E-state index in [4.69, 9.17) is 19.4 Å². The summed E-state index contributed by atoms with van der Waals surface area (Å²) in [5, 5.41) is 22.1. The van der Waals surface area contributed by atoms with Gasteiger partial charge in [0.2, 0.25) is 11.8 Å². The average Bonchev–Trinajstić information content (AvgIpc) is 3.83. The van der Waals surface area contributed by atoms with Gasteiger partial charge in [-0.1, -0.05) is 12.8 Å². The Kier molecular flexibility index (Phi) is 7.13. The van der Waals surface area contributed by atoms with Gasteiger partial charge < -0.3 is 24.6 Å². The number of phenolic OH excluding ortho intramolecular Hbond substituents is 1. The number of hydrogen-bond donors (Lipinski definition) is 2. The fourth-order valence-electron chi connectivity index (χ4n) is 8.93. The Labute approximate surface area is 275 Å². The molecule has 2 N–H and O–H groups in total. The second kappa shape index (κ2) is 11.3. The van der Waals surface area contributed by atoms with Gasteiger partial charge in [0.05, 0.1) is 47.0 Å². The summed E-state index contributed by atoms with van der Waals surface area (Å²) in [7, 11) is 0. The maximum Gasteiger partial charge on any atom is 0.225 e. The van der Waals surface area contributed by atoms with E-state index >= 15 is 8.78 Å². The third-order valence-corrected chi connectivity index (χ3v) is 11.3. The first-order valence-electron chi connectivity index (χ1n) is 17.2. The molecule has 252 valence electrons. The molecule has 0 unspecified atom stereocenters. The highest BCUT2D eigenvalue weighted by molar-refractivity contribution is 6.03. The van der Waals surface area contributed by atoms with Crippen LogP contribution >= 0.6 is 0 Å². The van der Waals surface area contributed by atoms with Crippen LogP contribution < -0.4 is 14.4 Å². The third kappa shape index (κ3) is 4.77. The van der Waals surface area contributed by atoms with Crippen LogP contribution in [-0.2, 0) is 0 Å². The second-order valence-electron chi connectivity index (χ2n) is 14.3. The molecule has 4 atom stereocenters. The molecule has 3 saturated heterocycles. The lowest BCUT2D eigenvalue weighted by Gasteiger charge is -2.36. The summed E-state index contributed by atoms with van der Waals surface area (Å²) in [5.41, 5.74) is 1.01. The summed E-state index contributed by atoms with van der Waals surface area (Å²) in [6, 6.07) is 4.28. The first-order chi connectivity index (χ1) is 23.3. The molecule has 0 spiro atoms. The fraction of sp³-hybridized carbons (Fsp3) is 0.528. The minimum atomic E-state index is -0.922. The standard InChI is InChI=1S/C36H38F3N5O4/c37-20-13-36(8-3-9-43(36)15-20)18-48-28-12-27-31-34(41-28)32(39)33(42-35(31)47-17-22-5-2-1-4-21(16-45)44(22)27)24-10-23(46)11-26-30(24)29(19-6-7-19)25(38)14-40-26/h10-12,14,19-22,45-46H,1-9,13,15-18H2/t20-,21-,22+,36+/m1/s1. The van der Waals surface area contributed by atoms with E-state index in [0.29, 0.717) is 40.5 Å². The molecule has 0 bridgehead atoms. The number of fused-ring (bicyclic) bond motifs is 4. The van der Waals surface area contributed by atoms with Crippen molar-refractivity contribution in [3.63, 3.8) is 0 Å². The van der Waals surface area contributed by atoms with Crippen LogP contribution in [0.15, 0.2) is 24.4 Å². The van der Waals surface area contributed by atoms with Crippen LogP contribution in [0.25, 0.3) is 33.1 Å². The van der Waals surface area contributed by atoms with Gasteiger partial charge in [0.25, 0.3) is 0 Å². The molecule has 4 fully saturated rings. The molecule has 1 aliphatic carbocycles. The fourth-order valence-corrected chi connectivity index (χ4v) is 8.93. The minimum Gasteiger partial charge on any atom is -0.508 e. The van der Waals surface area contributed by atoms with Gasteiger partial charge in [-0.2, -0.15) is 0 Å². The molecule has 4 aliphatic heterocycles. The van der Waals surface area contributed by atoms with Crippen molar-refractivity contribution in [1.82, 2.24) is 19.9 Å².